The van der Waals surface area contributed by atoms with Gasteiger partial charge in [-0.1, -0.05) is 25.1 Å². The number of nitrogens with zero attached hydrogens (tertiary/aromatic N) is 2. The molecule has 1 aromatic heterocycles. The second-order valence-corrected chi connectivity index (χ2v) is 8.96. The van der Waals surface area contributed by atoms with Crippen molar-refractivity contribution >= 4 is 51.5 Å². The third-order valence-electron chi connectivity index (χ3n) is 5.57. The quantitative estimate of drug-likeness (QED) is 0.526. The zero-order chi connectivity index (χ0) is 23.7. The lowest BCUT2D eigenvalue weighted by Gasteiger charge is -2.19. The van der Waals surface area contributed by atoms with Gasteiger partial charge in [0.05, 0.1) is 4.91 Å². The Balaban J connectivity index is 1.31. The molecule has 1 N–H and O–H groups in total. The summed E-state index contributed by atoms with van der Waals surface area (Å²) < 4.78 is 13.1. The smallest absolute Gasteiger partial charge is 0.294 e. The van der Waals surface area contributed by atoms with E-state index >= 15 is 0 Å². The molecule has 9 heteroatoms. The third-order valence-corrected chi connectivity index (χ3v) is 6.48. The van der Waals surface area contributed by atoms with Crippen molar-refractivity contribution in [2.45, 2.75) is 19.9 Å². The van der Waals surface area contributed by atoms with Crippen molar-refractivity contribution < 1.29 is 23.9 Å². The molecule has 3 heterocycles. The molecule has 174 valence electrons. The van der Waals surface area contributed by atoms with Gasteiger partial charge >= 0.3 is 0 Å². The second kappa shape index (κ2) is 9.26. The van der Waals surface area contributed by atoms with Gasteiger partial charge in [-0.15, -0.1) is 0 Å². The lowest BCUT2D eigenvalue weighted by Crippen LogP contribution is -2.36. The van der Waals surface area contributed by atoms with Crippen LogP contribution in [0.4, 0.5) is 10.5 Å². The number of fused-ring (bicyclic) bond motifs is 2. The van der Waals surface area contributed by atoms with E-state index in [1.807, 2.05) is 30.5 Å². The number of benzene rings is 2. The first-order valence-corrected chi connectivity index (χ1v) is 11.9. The van der Waals surface area contributed by atoms with Gasteiger partial charge in [0, 0.05) is 41.0 Å². The summed E-state index contributed by atoms with van der Waals surface area (Å²) in [5, 5.41) is 3.26. The number of anilines is 1. The summed E-state index contributed by atoms with van der Waals surface area (Å²) in [5.74, 6) is 0.209. The van der Waals surface area contributed by atoms with E-state index in [0.29, 0.717) is 35.3 Å². The van der Waals surface area contributed by atoms with Gasteiger partial charge in [-0.25, -0.2) is 0 Å². The molecule has 0 atom stereocenters. The van der Waals surface area contributed by atoms with Crippen LogP contribution >= 0.6 is 11.8 Å². The molecule has 0 unspecified atom stereocenters. The zero-order valence-electron chi connectivity index (χ0n) is 18.6. The van der Waals surface area contributed by atoms with Crippen LogP contribution in [0.2, 0.25) is 0 Å². The average molecular weight is 478 g/mol. The molecule has 0 saturated carbocycles. The van der Waals surface area contributed by atoms with E-state index in [2.05, 4.69) is 16.8 Å². The number of carbonyl (C=O) groups excluding carboxylic acids is 3. The Labute approximate surface area is 200 Å². The van der Waals surface area contributed by atoms with Gasteiger partial charge in [0.1, 0.15) is 19.8 Å². The van der Waals surface area contributed by atoms with Gasteiger partial charge in [-0.2, -0.15) is 0 Å². The Bertz CT molecular complexity index is 1330. The topological polar surface area (TPSA) is 89.9 Å². The van der Waals surface area contributed by atoms with Crippen LogP contribution in [-0.2, 0) is 16.1 Å². The number of imide groups is 1. The molecular weight excluding hydrogens is 454 g/mol. The Morgan fingerprint density at radius 2 is 1.91 bits per heavy atom. The van der Waals surface area contributed by atoms with E-state index in [4.69, 9.17) is 9.47 Å². The summed E-state index contributed by atoms with van der Waals surface area (Å²) in [6.45, 7) is 3.51. The molecule has 0 spiro atoms. The molecule has 34 heavy (non-hydrogen) atoms. The van der Waals surface area contributed by atoms with E-state index in [-0.39, 0.29) is 6.54 Å². The molecule has 8 nitrogen and oxygen atoms in total. The van der Waals surface area contributed by atoms with Crippen molar-refractivity contribution in [2.75, 3.05) is 25.1 Å². The third kappa shape index (κ3) is 4.26. The SMILES string of the molecule is CCCn1cc(/C=C2\SC(=O)N(CC(=O)Nc3ccc4c(c3)OCCO4)C2=O)c2ccccc21. The molecule has 0 bridgehead atoms. The molecule has 2 aliphatic heterocycles. The number of hydrogen-bond donors (Lipinski definition) is 1. The zero-order valence-corrected chi connectivity index (χ0v) is 19.4. The van der Waals surface area contributed by atoms with Gasteiger partial charge < -0.3 is 19.4 Å². The minimum atomic E-state index is -0.473. The van der Waals surface area contributed by atoms with Crippen LogP contribution in [0.1, 0.15) is 18.9 Å². The number of aromatic nitrogens is 1. The molecular formula is C25H23N3O5S. The van der Waals surface area contributed by atoms with Crippen LogP contribution in [0.3, 0.4) is 0 Å². The number of para-hydroxylation sites is 1. The van der Waals surface area contributed by atoms with Crippen molar-refractivity contribution in [2.24, 2.45) is 0 Å². The second-order valence-electron chi connectivity index (χ2n) is 7.97. The molecule has 5 rings (SSSR count). The number of thioether (sulfide) groups is 1. The summed E-state index contributed by atoms with van der Waals surface area (Å²) in [6, 6.07) is 13.0. The summed E-state index contributed by atoms with van der Waals surface area (Å²) in [6.07, 6.45) is 4.71. The minimum absolute atomic E-state index is 0.302. The highest BCUT2D eigenvalue weighted by atomic mass is 32.2. The predicted molar refractivity (Wildman–Crippen MR) is 131 cm³/mol. The van der Waals surface area contributed by atoms with Gasteiger partial charge in [0.2, 0.25) is 5.91 Å². The first-order valence-electron chi connectivity index (χ1n) is 11.1. The minimum Gasteiger partial charge on any atom is -0.486 e. The van der Waals surface area contributed by atoms with Crippen molar-refractivity contribution in [1.29, 1.82) is 0 Å². The fourth-order valence-corrected chi connectivity index (χ4v) is 4.89. The maximum absolute atomic E-state index is 13.0. The van der Waals surface area contributed by atoms with Crippen LogP contribution in [-0.4, -0.2) is 46.3 Å². The molecule has 1 saturated heterocycles. The number of aryl methyl sites for hydroxylation is 1. The molecule has 0 radical (unpaired) electrons. The highest BCUT2D eigenvalue weighted by molar-refractivity contribution is 8.18. The van der Waals surface area contributed by atoms with E-state index in [9.17, 15) is 14.4 Å². The average Bonchev–Trinajstić information content (AvgIpc) is 3.31. The summed E-state index contributed by atoms with van der Waals surface area (Å²) in [5.41, 5.74) is 2.45. The van der Waals surface area contributed by atoms with Crippen molar-refractivity contribution in [1.82, 2.24) is 9.47 Å². The van der Waals surface area contributed by atoms with Crippen molar-refractivity contribution in [3.05, 3.63) is 59.1 Å². The first kappa shape index (κ1) is 22.1. The Hall–Kier alpha value is -3.72. The van der Waals surface area contributed by atoms with Crippen molar-refractivity contribution in [3.8, 4) is 11.5 Å². The number of carbonyl (C=O) groups is 3. The van der Waals surface area contributed by atoms with Crippen LogP contribution in [0.15, 0.2) is 53.6 Å². The molecule has 2 aromatic carbocycles. The van der Waals surface area contributed by atoms with Crippen molar-refractivity contribution in [3.63, 3.8) is 0 Å². The lowest BCUT2D eigenvalue weighted by molar-refractivity contribution is -0.127. The Morgan fingerprint density at radius 3 is 2.74 bits per heavy atom. The van der Waals surface area contributed by atoms with E-state index in [1.165, 1.54) is 0 Å². The van der Waals surface area contributed by atoms with Gasteiger partial charge in [0.25, 0.3) is 11.1 Å². The highest BCUT2D eigenvalue weighted by Crippen LogP contribution is 2.35. The molecule has 1 fully saturated rings. The maximum atomic E-state index is 13.0. The molecule has 0 aliphatic carbocycles. The fraction of sp³-hybridized carbons (Fsp3) is 0.240. The van der Waals surface area contributed by atoms with E-state index in [1.54, 1.807) is 24.3 Å². The number of amides is 3. The van der Waals surface area contributed by atoms with E-state index < -0.39 is 17.1 Å². The number of nitrogens with one attached hydrogen (secondary N) is 1. The largest absolute Gasteiger partial charge is 0.486 e. The highest BCUT2D eigenvalue weighted by Gasteiger charge is 2.36. The van der Waals surface area contributed by atoms with Gasteiger partial charge in [-0.3, -0.25) is 19.3 Å². The van der Waals surface area contributed by atoms with Crippen LogP contribution in [0.25, 0.3) is 17.0 Å². The normalized spacial score (nSPS) is 16.5. The van der Waals surface area contributed by atoms with Crippen LogP contribution in [0.5, 0.6) is 11.5 Å². The summed E-state index contributed by atoms with van der Waals surface area (Å²) in [4.78, 5) is 39.4. The van der Waals surface area contributed by atoms with Gasteiger partial charge in [0.15, 0.2) is 11.5 Å². The standard InChI is InChI=1S/C25H23N3O5S/c1-2-9-27-14-16(18-5-3-4-6-19(18)27)12-22-24(30)28(25(31)34-22)15-23(29)26-17-7-8-20-21(13-17)33-11-10-32-20/h3-8,12-14H,2,9-11,15H2,1H3,(H,26,29)/b22-12-. The van der Waals surface area contributed by atoms with E-state index in [0.717, 1.165) is 46.1 Å². The number of rotatable bonds is 6. The Kier molecular flexibility index (Phi) is 6.02. The van der Waals surface area contributed by atoms with Crippen LogP contribution < -0.4 is 14.8 Å². The lowest BCUT2D eigenvalue weighted by atomic mass is 10.1. The predicted octanol–water partition coefficient (Wildman–Crippen LogP) is 4.50. The van der Waals surface area contributed by atoms with Crippen LogP contribution in [0, 0.1) is 0 Å². The fourth-order valence-electron chi connectivity index (χ4n) is 4.06. The first-order chi connectivity index (χ1) is 16.5. The molecule has 3 amide bonds. The molecule has 3 aromatic rings. The van der Waals surface area contributed by atoms with Gasteiger partial charge in [-0.05, 0) is 42.5 Å². The Morgan fingerprint density at radius 1 is 1.12 bits per heavy atom. The number of hydrogen-bond acceptors (Lipinski definition) is 6. The summed E-state index contributed by atoms with van der Waals surface area (Å²) >= 11 is 0.847. The summed E-state index contributed by atoms with van der Waals surface area (Å²) in [7, 11) is 0. The monoisotopic (exact) mass is 477 g/mol. The number of ether oxygens (including phenoxy) is 2. The maximum Gasteiger partial charge on any atom is 0.294 e. The molecule has 2 aliphatic rings.